The summed E-state index contributed by atoms with van der Waals surface area (Å²) in [5.41, 5.74) is 0.587. The monoisotopic (exact) mass is 274 g/mol. The second-order valence-corrected chi connectivity index (χ2v) is 4.46. The van der Waals surface area contributed by atoms with Crippen molar-refractivity contribution in [2.24, 2.45) is 0 Å². The standard InChI is InChI=1S/C12H12Cl2O3/c1-2-3-9(12(16)17)8-5-4-7(13)6-10(8)11(14)15/h4-6,9H,2-3H2,1H3,(H,16,17). The fourth-order valence-electron chi connectivity index (χ4n) is 1.70. The van der Waals surface area contributed by atoms with Crippen LogP contribution in [-0.4, -0.2) is 16.3 Å². The van der Waals surface area contributed by atoms with Gasteiger partial charge in [0.15, 0.2) is 0 Å². The zero-order valence-corrected chi connectivity index (χ0v) is 10.8. The van der Waals surface area contributed by atoms with Crippen molar-refractivity contribution in [1.29, 1.82) is 0 Å². The summed E-state index contributed by atoms with van der Waals surface area (Å²) in [4.78, 5) is 22.4. The van der Waals surface area contributed by atoms with E-state index in [0.717, 1.165) is 0 Å². The Labute approximate surface area is 109 Å². The molecule has 0 heterocycles. The number of carbonyl (C=O) groups is 2. The van der Waals surface area contributed by atoms with Crippen LogP contribution in [0.15, 0.2) is 18.2 Å². The highest BCUT2D eigenvalue weighted by molar-refractivity contribution is 6.68. The van der Waals surface area contributed by atoms with Crippen molar-refractivity contribution in [3.8, 4) is 0 Å². The molecule has 17 heavy (non-hydrogen) atoms. The van der Waals surface area contributed by atoms with Crippen molar-refractivity contribution >= 4 is 34.4 Å². The molecule has 3 nitrogen and oxygen atoms in total. The first-order valence-electron chi connectivity index (χ1n) is 5.19. The van der Waals surface area contributed by atoms with Crippen LogP contribution in [0, 0.1) is 0 Å². The van der Waals surface area contributed by atoms with Crippen LogP contribution >= 0.6 is 23.2 Å². The van der Waals surface area contributed by atoms with Gasteiger partial charge in [-0.1, -0.05) is 31.0 Å². The molecule has 0 aliphatic carbocycles. The SMILES string of the molecule is CCCC(C(=O)O)c1ccc(Cl)cc1C(=O)Cl. The molecule has 1 N–H and O–H groups in total. The Hall–Kier alpha value is -1.06. The first kappa shape index (κ1) is 14.0. The minimum absolute atomic E-state index is 0.167. The molecule has 0 fully saturated rings. The van der Waals surface area contributed by atoms with Crippen LogP contribution in [0.4, 0.5) is 0 Å². The van der Waals surface area contributed by atoms with E-state index in [9.17, 15) is 9.59 Å². The summed E-state index contributed by atoms with van der Waals surface area (Å²) in [5.74, 6) is -1.69. The van der Waals surface area contributed by atoms with Gasteiger partial charge in [-0.3, -0.25) is 9.59 Å². The number of rotatable bonds is 5. The third kappa shape index (κ3) is 3.45. The molecule has 92 valence electrons. The number of halogens is 2. The van der Waals surface area contributed by atoms with Gasteiger partial charge in [0.1, 0.15) is 0 Å². The highest BCUT2D eigenvalue weighted by atomic mass is 35.5. The van der Waals surface area contributed by atoms with Crippen molar-refractivity contribution in [2.45, 2.75) is 25.7 Å². The molecule has 0 aliphatic rings. The third-order valence-electron chi connectivity index (χ3n) is 2.48. The van der Waals surface area contributed by atoms with Crippen LogP contribution in [0.2, 0.25) is 5.02 Å². The Kier molecular flexibility index (Phi) is 4.97. The van der Waals surface area contributed by atoms with Gasteiger partial charge in [-0.05, 0) is 35.7 Å². The molecule has 0 radical (unpaired) electrons. The maximum Gasteiger partial charge on any atom is 0.310 e. The summed E-state index contributed by atoms with van der Waals surface area (Å²) in [7, 11) is 0. The van der Waals surface area contributed by atoms with E-state index >= 15 is 0 Å². The van der Waals surface area contributed by atoms with Gasteiger partial charge in [-0.25, -0.2) is 0 Å². The predicted molar refractivity (Wildman–Crippen MR) is 66.9 cm³/mol. The fraction of sp³-hybridized carbons (Fsp3) is 0.333. The molecule has 0 amide bonds. The summed E-state index contributed by atoms with van der Waals surface area (Å²) in [6.07, 6.45) is 1.16. The Morgan fingerprint density at radius 2 is 2.06 bits per heavy atom. The van der Waals surface area contributed by atoms with E-state index < -0.39 is 17.1 Å². The Morgan fingerprint density at radius 1 is 1.41 bits per heavy atom. The number of aliphatic carboxylic acids is 1. The molecular formula is C12H12Cl2O3. The maximum atomic E-state index is 11.3. The van der Waals surface area contributed by atoms with Gasteiger partial charge in [0.2, 0.25) is 0 Å². The number of hydrogen-bond donors (Lipinski definition) is 1. The zero-order chi connectivity index (χ0) is 13.0. The van der Waals surface area contributed by atoms with Gasteiger partial charge < -0.3 is 5.11 Å². The molecule has 0 saturated carbocycles. The zero-order valence-electron chi connectivity index (χ0n) is 9.24. The van der Waals surface area contributed by atoms with E-state index in [-0.39, 0.29) is 5.56 Å². The van der Waals surface area contributed by atoms with E-state index in [1.54, 1.807) is 12.1 Å². The molecule has 0 aliphatic heterocycles. The minimum atomic E-state index is -0.965. The normalized spacial score (nSPS) is 12.2. The predicted octanol–water partition coefficient (Wildman–Crippen LogP) is 3.69. The Morgan fingerprint density at radius 3 is 2.53 bits per heavy atom. The molecule has 1 aromatic rings. The largest absolute Gasteiger partial charge is 0.481 e. The van der Waals surface area contributed by atoms with Crippen LogP contribution in [0.5, 0.6) is 0 Å². The summed E-state index contributed by atoms with van der Waals surface area (Å²) in [6, 6.07) is 4.51. The van der Waals surface area contributed by atoms with E-state index in [0.29, 0.717) is 23.4 Å². The number of carboxylic acids is 1. The molecule has 1 rings (SSSR count). The lowest BCUT2D eigenvalue weighted by Crippen LogP contribution is -2.14. The second-order valence-electron chi connectivity index (χ2n) is 3.68. The average Bonchev–Trinajstić information content (AvgIpc) is 2.26. The number of carbonyl (C=O) groups excluding carboxylic acids is 1. The summed E-state index contributed by atoms with van der Waals surface area (Å²) in [6.45, 7) is 1.88. The fourth-order valence-corrected chi connectivity index (χ4v) is 2.04. The van der Waals surface area contributed by atoms with Crippen molar-refractivity contribution in [2.75, 3.05) is 0 Å². The molecule has 0 bridgehead atoms. The van der Waals surface area contributed by atoms with E-state index in [1.165, 1.54) is 6.07 Å². The summed E-state index contributed by atoms with van der Waals surface area (Å²) in [5, 5.41) is 8.82. The van der Waals surface area contributed by atoms with Crippen LogP contribution in [-0.2, 0) is 4.79 Å². The smallest absolute Gasteiger partial charge is 0.310 e. The lowest BCUT2D eigenvalue weighted by Gasteiger charge is -2.14. The quantitative estimate of drug-likeness (QED) is 0.834. The number of benzene rings is 1. The third-order valence-corrected chi connectivity index (χ3v) is 2.92. The molecule has 0 saturated heterocycles. The summed E-state index contributed by atoms with van der Waals surface area (Å²) < 4.78 is 0. The topological polar surface area (TPSA) is 54.4 Å². The van der Waals surface area contributed by atoms with Crippen LogP contribution in [0.3, 0.4) is 0 Å². The second kappa shape index (κ2) is 6.03. The van der Waals surface area contributed by atoms with Crippen LogP contribution in [0.25, 0.3) is 0 Å². The van der Waals surface area contributed by atoms with Crippen molar-refractivity contribution in [3.05, 3.63) is 34.3 Å². The maximum absolute atomic E-state index is 11.3. The number of hydrogen-bond acceptors (Lipinski definition) is 2. The van der Waals surface area contributed by atoms with Crippen molar-refractivity contribution in [1.82, 2.24) is 0 Å². The highest BCUT2D eigenvalue weighted by Gasteiger charge is 2.23. The molecular weight excluding hydrogens is 263 g/mol. The van der Waals surface area contributed by atoms with Gasteiger partial charge in [0.05, 0.1) is 5.92 Å². The van der Waals surface area contributed by atoms with Gasteiger partial charge in [-0.2, -0.15) is 0 Å². The van der Waals surface area contributed by atoms with Crippen LogP contribution < -0.4 is 0 Å². The van der Waals surface area contributed by atoms with Crippen LogP contribution in [0.1, 0.15) is 41.6 Å². The summed E-state index contributed by atoms with van der Waals surface area (Å²) >= 11 is 11.2. The lowest BCUT2D eigenvalue weighted by molar-refractivity contribution is -0.139. The Balaban J connectivity index is 3.27. The first-order valence-corrected chi connectivity index (χ1v) is 5.95. The van der Waals surface area contributed by atoms with Gasteiger partial charge in [0, 0.05) is 10.6 Å². The van der Waals surface area contributed by atoms with Gasteiger partial charge >= 0.3 is 5.97 Å². The molecule has 0 aromatic heterocycles. The van der Waals surface area contributed by atoms with Crippen molar-refractivity contribution in [3.63, 3.8) is 0 Å². The number of carboxylic acid groups (broad SMARTS) is 1. The van der Waals surface area contributed by atoms with E-state index in [2.05, 4.69) is 0 Å². The van der Waals surface area contributed by atoms with E-state index in [4.69, 9.17) is 28.3 Å². The molecule has 1 atom stereocenters. The molecule has 1 unspecified atom stereocenters. The van der Waals surface area contributed by atoms with Gasteiger partial charge in [0.25, 0.3) is 5.24 Å². The lowest BCUT2D eigenvalue weighted by atomic mass is 9.91. The molecule has 5 heteroatoms. The van der Waals surface area contributed by atoms with Crippen molar-refractivity contribution < 1.29 is 14.7 Å². The van der Waals surface area contributed by atoms with Gasteiger partial charge in [-0.15, -0.1) is 0 Å². The Bertz CT molecular complexity index is 443. The molecule has 0 spiro atoms. The first-order chi connectivity index (χ1) is 7.97. The van der Waals surface area contributed by atoms with E-state index in [1.807, 2.05) is 6.92 Å². The molecule has 1 aromatic carbocycles. The highest BCUT2D eigenvalue weighted by Crippen LogP contribution is 2.28. The minimum Gasteiger partial charge on any atom is -0.481 e. The average molecular weight is 275 g/mol.